The quantitative estimate of drug-likeness (QED) is 0.632. The van der Waals surface area contributed by atoms with Crippen molar-refractivity contribution >= 4 is 39.9 Å². The number of piperazine rings is 1. The molecule has 0 bridgehead atoms. The molecular formula is C22H25ClN4O3. The van der Waals surface area contributed by atoms with Crippen LogP contribution in [0.15, 0.2) is 30.6 Å². The summed E-state index contributed by atoms with van der Waals surface area (Å²) in [5.41, 5.74) is 1.33. The molecule has 0 aliphatic carbocycles. The van der Waals surface area contributed by atoms with Crippen molar-refractivity contribution in [2.75, 3.05) is 19.6 Å². The van der Waals surface area contributed by atoms with E-state index in [9.17, 15) is 9.59 Å². The topological polar surface area (TPSA) is 75.9 Å². The first-order chi connectivity index (χ1) is 14.1. The number of aromatic nitrogens is 2. The molecule has 1 aliphatic rings. The van der Waals surface area contributed by atoms with Gasteiger partial charge in [-0.2, -0.15) is 0 Å². The van der Waals surface area contributed by atoms with Crippen molar-refractivity contribution in [3.63, 3.8) is 0 Å². The van der Waals surface area contributed by atoms with E-state index in [1.165, 1.54) is 0 Å². The number of imidazole rings is 1. The lowest BCUT2D eigenvalue weighted by Crippen LogP contribution is -2.51. The Kier molecular flexibility index (Phi) is 5.20. The maximum absolute atomic E-state index is 13.5. The average molecular weight is 429 g/mol. The summed E-state index contributed by atoms with van der Waals surface area (Å²) < 4.78 is 7.31. The SMILES string of the molecule is C[C@@H]1CN(C(=O)c2cc3c(C(=O)OC(C)(C)C)ncn3c3ccc(Cl)cc23)CCN1. The van der Waals surface area contributed by atoms with E-state index in [0.29, 0.717) is 29.2 Å². The highest BCUT2D eigenvalue weighted by Gasteiger charge is 2.27. The number of fused-ring (bicyclic) bond motifs is 3. The number of benzene rings is 1. The number of hydrogen-bond acceptors (Lipinski definition) is 5. The second-order valence-electron chi connectivity index (χ2n) is 8.68. The zero-order valence-corrected chi connectivity index (χ0v) is 18.3. The van der Waals surface area contributed by atoms with Crippen LogP contribution in [0.2, 0.25) is 5.02 Å². The number of esters is 1. The maximum atomic E-state index is 13.5. The number of pyridine rings is 1. The molecule has 0 spiro atoms. The Morgan fingerprint density at radius 3 is 2.70 bits per heavy atom. The zero-order chi connectivity index (χ0) is 21.6. The van der Waals surface area contributed by atoms with Gasteiger partial charge in [0, 0.05) is 36.1 Å². The maximum Gasteiger partial charge on any atom is 0.359 e. The van der Waals surface area contributed by atoms with Crippen LogP contribution in [-0.4, -0.2) is 57.4 Å². The second kappa shape index (κ2) is 7.56. The number of halogens is 1. The summed E-state index contributed by atoms with van der Waals surface area (Å²) in [5.74, 6) is -0.609. The van der Waals surface area contributed by atoms with Crippen molar-refractivity contribution in [2.24, 2.45) is 0 Å². The molecular weight excluding hydrogens is 404 g/mol. The van der Waals surface area contributed by atoms with E-state index >= 15 is 0 Å². The van der Waals surface area contributed by atoms with Crippen LogP contribution in [0.4, 0.5) is 0 Å². The highest BCUT2D eigenvalue weighted by Crippen LogP contribution is 2.28. The molecule has 1 aromatic carbocycles. The van der Waals surface area contributed by atoms with Crippen LogP contribution in [0, 0.1) is 0 Å². The first kappa shape index (κ1) is 20.6. The van der Waals surface area contributed by atoms with Crippen molar-refractivity contribution in [3.8, 4) is 0 Å². The number of nitrogens with zero attached hydrogens (tertiary/aromatic N) is 3. The van der Waals surface area contributed by atoms with Crippen molar-refractivity contribution in [3.05, 3.63) is 46.9 Å². The minimum atomic E-state index is -0.646. The van der Waals surface area contributed by atoms with Crippen LogP contribution in [0.25, 0.3) is 16.4 Å². The van der Waals surface area contributed by atoms with Crippen LogP contribution in [0.5, 0.6) is 0 Å². The number of hydrogen-bond donors (Lipinski definition) is 1. The predicted molar refractivity (Wildman–Crippen MR) is 116 cm³/mol. The molecule has 2 aromatic heterocycles. The fraction of sp³-hybridized carbons (Fsp3) is 0.409. The van der Waals surface area contributed by atoms with Crippen molar-refractivity contribution in [2.45, 2.75) is 39.3 Å². The molecule has 0 saturated carbocycles. The third-order valence-electron chi connectivity index (χ3n) is 5.07. The third-order valence-corrected chi connectivity index (χ3v) is 5.31. The fourth-order valence-corrected chi connectivity index (χ4v) is 3.96. The van der Waals surface area contributed by atoms with Gasteiger partial charge in [0.2, 0.25) is 0 Å². The fourth-order valence-electron chi connectivity index (χ4n) is 3.78. The third kappa shape index (κ3) is 3.87. The van der Waals surface area contributed by atoms with Crippen LogP contribution < -0.4 is 5.32 Å². The molecule has 1 amide bonds. The number of rotatable bonds is 2. The molecule has 1 saturated heterocycles. The molecule has 1 N–H and O–H groups in total. The largest absolute Gasteiger partial charge is 0.455 e. The molecule has 0 radical (unpaired) electrons. The molecule has 1 fully saturated rings. The van der Waals surface area contributed by atoms with Crippen LogP contribution in [-0.2, 0) is 4.74 Å². The van der Waals surface area contributed by atoms with Crippen LogP contribution >= 0.6 is 11.6 Å². The lowest BCUT2D eigenvalue weighted by atomic mass is 10.0. The van der Waals surface area contributed by atoms with Gasteiger partial charge in [-0.15, -0.1) is 0 Å². The van der Waals surface area contributed by atoms with Gasteiger partial charge in [-0.05, 0) is 52.0 Å². The summed E-state index contributed by atoms with van der Waals surface area (Å²) in [6.07, 6.45) is 1.58. The molecule has 30 heavy (non-hydrogen) atoms. The molecule has 4 rings (SSSR count). The standard InChI is InChI=1S/C22H25ClN4O3/c1-13-11-26(8-7-24-13)20(28)16-10-18-19(21(29)30-22(2,3)4)25-12-27(18)17-6-5-14(23)9-15(16)17/h5-6,9-10,12-13,24H,7-8,11H2,1-4H3/t13-/m1/s1. The van der Waals surface area contributed by atoms with E-state index in [2.05, 4.69) is 17.2 Å². The summed E-state index contributed by atoms with van der Waals surface area (Å²) in [7, 11) is 0. The van der Waals surface area contributed by atoms with E-state index < -0.39 is 11.6 Å². The van der Waals surface area contributed by atoms with Gasteiger partial charge in [-0.1, -0.05) is 11.6 Å². The molecule has 1 atom stereocenters. The van der Waals surface area contributed by atoms with E-state index in [-0.39, 0.29) is 17.6 Å². The Bertz CT molecular complexity index is 1150. The number of nitrogens with one attached hydrogen (secondary N) is 1. The zero-order valence-electron chi connectivity index (χ0n) is 17.5. The number of ether oxygens (including phenoxy) is 1. The molecule has 1 aliphatic heterocycles. The number of carbonyl (C=O) groups is 2. The molecule has 158 valence electrons. The van der Waals surface area contributed by atoms with Crippen LogP contribution in [0.1, 0.15) is 48.5 Å². The molecule has 3 heterocycles. The highest BCUT2D eigenvalue weighted by molar-refractivity contribution is 6.31. The van der Waals surface area contributed by atoms with Gasteiger partial charge < -0.3 is 15.0 Å². The summed E-state index contributed by atoms with van der Waals surface area (Å²) in [6, 6.07) is 7.32. The smallest absolute Gasteiger partial charge is 0.359 e. The molecule has 0 unspecified atom stereocenters. The number of amides is 1. The minimum Gasteiger partial charge on any atom is -0.455 e. The molecule has 3 aromatic rings. The van der Waals surface area contributed by atoms with Gasteiger partial charge in [0.25, 0.3) is 5.91 Å². The van der Waals surface area contributed by atoms with Crippen molar-refractivity contribution in [1.82, 2.24) is 19.6 Å². The van der Waals surface area contributed by atoms with E-state index in [1.807, 2.05) is 11.0 Å². The Hall–Kier alpha value is -2.64. The van der Waals surface area contributed by atoms with E-state index in [0.717, 1.165) is 17.4 Å². The Morgan fingerprint density at radius 2 is 2.00 bits per heavy atom. The summed E-state index contributed by atoms with van der Waals surface area (Å²) in [5, 5.41) is 4.61. The van der Waals surface area contributed by atoms with Gasteiger partial charge >= 0.3 is 5.97 Å². The Labute approximate surface area is 180 Å². The Morgan fingerprint density at radius 1 is 1.23 bits per heavy atom. The van der Waals surface area contributed by atoms with Crippen molar-refractivity contribution < 1.29 is 14.3 Å². The summed E-state index contributed by atoms with van der Waals surface area (Å²) in [4.78, 5) is 32.3. The van der Waals surface area contributed by atoms with Crippen LogP contribution in [0.3, 0.4) is 0 Å². The average Bonchev–Trinajstić information content (AvgIpc) is 3.09. The first-order valence-electron chi connectivity index (χ1n) is 9.99. The molecule has 7 nitrogen and oxygen atoms in total. The van der Waals surface area contributed by atoms with Crippen molar-refractivity contribution in [1.29, 1.82) is 0 Å². The summed E-state index contributed by atoms with van der Waals surface area (Å²) in [6.45, 7) is 9.45. The van der Waals surface area contributed by atoms with E-state index in [4.69, 9.17) is 16.3 Å². The second-order valence-corrected chi connectivity index (χ2v) is 9.11. The minimum absolute atomic E-state index is 0.0885. The monoisotopic (exact) mass is 428 g/mol. The highest BCUT2D eigenvalue weighted by atomic mass is 35.5. The summed E-state index contributed by atoms with van der Waals surface area (Å²) >= 11 is 6.25. The Balaban J connectivity index is 1.89. The van der Waals surface area contributed by atoms with Gasteiger partial charge in [-0.3, -0.25) is 9.20 Å². The van der Waals surface area contributed by atoms with Gasteiger partial charge in [0.15, 0.2) is 5.69 Å². The lowest BCUT2D eigenvalue weighted by Gasteiger charge is -2.32. The van der Waals surface area contributed by atoms with Gasteiger partial charge in [-0.25, -0.2) is 9.78 Å². The van der Waals surface area contributed by atoms with Gasteiger partial charge in [0.1, 0.15) is 11.9 Å². The predicted octanol–water partition coefficient (Wildman–Crippen LogP) is 3.53. The molecule has 8 heteroatoms. The number of carbonyl (C=O) groups excluding carboxylic acids is 2. The lowest BCUT2D eigenvalue weighted by molar-refractivity contribution is 0.00656. The van der Waals surface area contributed by atoms with Gasteiger partial charge in [0.05, 0.1) is 16.6 Å². The normalized spacial score (nSPS) is 17.5. The van der Waals surface area contributed by atoms with E-state index in [1.54, 1.807) is 49.7 Å². The first-order valence-corrected chi connectivity index (χ1v) is 10.4.